The Labute approximate surface area is 165 Å². The minimum absolute atomic E-state index is 0.200. The second kappa shape index (κ2) is 9.01. The van der Waals surface area contributed by atoms with Crippen molar-refractivity contribution in [2.75, 3.05) is 12.9 Å². The van der Waals surface area contributed by atoms with E-state index in [-0.39, 0.29) is 4.90 Å². The maximum atomic E-state index is 12.6. The lowest BCUT2D eigenvalue weighted by atomic mass is 9.98. The molecule has 1 aromatic heterocycles. The summed E-state index contributed by atoms with van der Waals surface area (Å²) in [6, 6.07) is 4.51. The predicted molar refractivity (Wildman–Crippen MR) is 106 cm³/mol. The normalized spacial score (nSPS) is 12.1. The SMILES string of the molecule is CCON=C(C)CCc1c(S(C)(=O)=O)ccc(C(=O)Oc2ccnn2C)c1C. The van der Waals surface area contributed by atoms with Gasteiger partial charge in [0.05, 0.1) is 22.4 Å². The molecule has 2 rings (SSSR count). The number of nitrogens with zero attached hydrogens (tertiary/aromatic N) is 3. The van der Waals surface area contributed by atoms with Crippen LogP contribution in [0.5, 0.6) is 5.88 Å². The highest BCUT2D eigenvalue weighted by molar-refractivity contribution is 7.90. The zero-order valence-corrected chi connectivity index (χ0v) is 17.5. The number of carbonyl (C=O) groups excluding carboxylic acids is 1. The van der Waals surface area contributed by atoms with Crippen LogP contribution in [0.2, 0.25) is 0 Å². The summed E-state index contributed by atoms with van der Waals surface area (Å²) in [5, 5.41) is 7.92. The summed E-state index contributed by atoms with van der Waals surface area (Å²) in [4.78, 5) is 17.9. The van der Waals surface area contributed by atoms with Crippen LogP contribution in [-0.4, -0.2) is 42.7 Å². The van der Waals surface area contributed by atoms with E-state index < -0.39 is 15.8 Å². The van der Waals surface area contributed by atoms with Gasteiger partial charge in [0.15, 0.2) is 9.84 Å². The van der Waals surface area contributed by atoms with Crippen molar-refractivity contribution in [1.82, 2.24) is 9.78 Å². The van der Waals surface area contributed by atoms with E-state index in [4.69, 9.17) is 9.57 Å². The number of rotatable bonds is 8. The van der Waals surface area contributed by atoms with Gasteiger partial charge in [-0.1, -0.05) is 5.16 Å². The molecule has 0 amide bonds. The van der Waals surface area contributed by atoms with E-state index in [1.807, 2.05) is 13.8 Å². The Balaban J connectivity index is 2.38. The summed E-state index contributed by atoms with van der Waals surface area (Å²) in [7, 11) is -1.80. The molecule has 0 spiro atoms. The average Bonchev–Trinajstić information content (AvgIpc) is 3.02. The van der Waals surface area contributed by atoms with Crippen LogP contribution in [0.1, 0.15) is 41.8 Å². The first-order valence-corrected chi connectivity index (χ1v) is 10.7. The van der Waals surface area contributed by atoms with Gasteiger partial charge in [-0.25, -0.2) is 17.9 Å². The first-order chi connectivity index (χ1) is 13.1. The molecule has 9 heteroatoms. The van der Waals surface area contributed by atoms with Crippen LogP contribution in [0.3, 0.4) is 0 Å². The molecule has 1 heterocycles. The van der Waals surface area contributed by atoms with Crippen molar-refractivity contribution in [1.29, 1.82) is 0 Å². The maximum absolute atomic E-state index is 12.6. The summed E-state index contributed by atoms with van der Waals surface area (Å²) in [6.45, 7) is 5.82. The fourth-order valence-electron chi connectivity index (χ4n) is 2.75. The molecule has 0 aliphatic heterocycles. The zero-order chi connectivity index (χ0) is 20.9. The van der Waals surface area contributed by atoms with Crippen LogP contribution in [-0.2, 0) is 28.1 Å². The second-order valence-corrected chi connectivity index (χ2v) is 8.40. The van der Waals surface area contributed by atoms with Crippen molar-refractivity contribution in [2.45, 2.75) is 38.5 Å². The maximum Gasteiger partial charge on any atom is 0.345 e. The van der Waals surface area contributed by atoms with Crippen LogP contribution < -0.4 is 4.74 Å². The average molecular weight is 407 g/mol. The number of hydrogen-bond acceptors (Lipinski definition) is 7. The molecular formula is C19H25N3O5S. The molecule has 0 radical (unpaired) electrons. The van der Waals surface area contributed by atoms with Gasteiger partial charge in [-0.2, -0.15) is 5.10 Å². The van der Waals surface area contributed by atoms with Gasteiger partial charge in [0.25, 0.3) is 0 Å². The van der Waals surface area contributed by atoms with Crippen LogP contribution in [0, 0.1) is 6.92 Å². The number of carbonyl (C=O) groups is 1. The number of oxime groups is 1. The smallest absolute Gasteiger partial charge is 0.345 e. The molecule has 0 aliphatic carbocycles. The Morgan fingerprint density at radius 1 is 1.29 bits per heavy atom. The monoisotopic (exact) mass is 407 g/mol. The minimum Gasteiger partial charge on any atom is -0.404 e. The first-order valence-electron chi connectivity index (χ1n) is 8.83. The van der Waals surface area contributed by atoms with Gasteiger partial charge in [-0.3, -0.25) is 0 Å². The molecule has 0 aliphatic rings. The number of aromatic nitrogens is 2. The molecule has 28 heavy (non-hydrogen) atoms. The van der Waals surface area contributed by atoms with Gasteiger partial charge in [0, 0.05) is 19.4 Å². The van der Waals surface area contributed by atoms with Gasteiger partial charge in [-0.15, -0.1) is 0 Å². The molecule has 152 valence electrons. The largest absolute Gasteiger partial charge is 0.404 e. The minimum atomic E-state index is -3.46. The van der Waals surface area contributed by atoms with Crippen molar-refractivity contribution < 1.29 is 22.8 Å². The van der Waals surface area contributed by atoms with Gasteiger partial charge >= 0.3 is 5.97 Å². The highest BCUT2D eigenvalue weighted by Gasteiger charge is 2.22. The Bertz CT molecular complexity index is 993. The van der Waals surface area contributed by atoms with Gasteiger partial charge in [0.2, 0.25) is 5.88 Å². The number of hydrogen-bond donors (Lipinski definition) is 0. The predicted octanol–water partition coefficient (Wildman–Crippen LogP) is 2.70. The standard InChI is InChI=1S/C19H25N3O5S/c1-6-26-21-13(2)7-8-15-14(3)16(9-10-17(15)28(5,24)25)19(23)27-18-11-12-20-22(18)4/h9-12H,6-8H2,1-5H3. The van der Waals surface area contributed by atoms with E-state index in [0.717, 1.165) is 12.0 Å². The highest BCUT2D eigenvalue weighted by Crippen LogP contribution is 2.25. The molecule has 0 saturated carbocycles. The van der Waals surface area contributed by atoms with E-state index in [9.17, 15) is 13.2 Å². The van der Waals surface area contributed by atoms with Crippen LogP contribution in [0.25, 0.3) is 0 Å². The Morgan fingerprint density at radius 2 is 2.00 bits per heavy atom. The Hall–Kier alpha value is -2.68. The van der Waals surface area contributed by atoms with Gasteiger partial charge < -0.3 is 9.57 Å². The topological polar surface area (TPSA) is 99.8 Å². The van der Waals surface area contributed by atoms with Crippen molar-refractivity contribution in [3.05, 3.63) is 41.1 Å². The molecule has 2 aromatic rings. The molecule has 1 aromatic carbocycles. The summed E-state index contributed by atoms with van der Waals surface area (Å²) in [5.74, 6) is -0.264. The molecular weight excluding hydrogens is 382 g/mol. The van der Waals surface area contributed by atoms with Crippen molar-refractivity contribution in [3.63, 3.8) is 0 Å². The number of sulfone groups is 1. The van der Waals surface area contributed by atoms with Crippen molar-refractivity contribution in [3.8, 4) is 5.88 Å². The third-order valence-corrected chi connectivity index (χ3v) is 5.42. The molecule has 0 fully saturated rings. The van der Waals surface area contributed by atoms with E-state index in [1.165, 1.54) is 23.0 Å². The fraction of sp³-hybridized carbons (Fsp3) is 0.421. The lowest BCUT2D eigenvalue weighted by Gasteiger charge is -2.15. The Morgan fingerprint density at radius 3 is 2.57 bits per heavy atom. The lowest BCUT2D eigenvalue weighted by Crippen LogP contribution is -2.15. The molecule has 0 saturated heterocycles. The fourth-order valence-corrected chi connectivity index (χ4v) is 3.77. The van der Waals surface area contributed by atoms with E-state index in [2.05, 4.69) is 10.3 Å². The van der Waals surface area contributed by atoms with Crippen molar-refractivity contribution in [2.24, 2.45) is 12.2 Å². The summed E-state index contributed by atoms with van der Waals surface area (Å²) in [5.41, 5.74) is 2.19. The summed E-state index contributed by atoms with van der Waals surface area (Å²) < 4.78 is 31.3. The molecule has 8 nitrogen and oxygen atoms in total. The highest BCUT2D eigenvalue weighted by atomic mass is 32.2. The van der Waals surface area contributed by atoms with Crippen molar-refractivity contribution >= 4 is 21.5 Å². The molecule has 0 atom stereocenters. The van der Waals surface area contributed by atoms with E-state index in [1.54, 1.807) is 20.0 Å². The molecule has 0 N–H and O–H groups in total. The number of esters is 1. The number of aryl methyl sites for hydroxylation is 1. The summed E-state index contributed by atoms with van der Waals surface area (Å²) >= 11 is 0. The second-order valence-electron chi connectivity index (χ2n) is 6.41. The third-order valence-electron chi connectivity index (χ3n) is 4.23. The summed E-state index contributed by atoms with van der Waals surface area (Å²) in [6.07, 6.45) is 3.58. The van der Waals surface area contributed by atoms with E-state index in [0.29, 0.717) is 42.0 Å². The molecule has 0 unspecified atom stereocenters. The van der Waals surface area contributed by atoms with Crippen LogP contribution in [0.4, 0.5) is 0 Å². The van der Waals surface area contributed by atoms with Crippen LogP contribution in [0.15, 0.2) is 34.4 Å². The molecule has 0 bridgehead atoms. The lowest BCUT2D eigenvalue weighted by molar-refractivity contribution is 0.0719. The zero-order valence-electron chi connectivity index (χ0n) is 16.7. The number of ether oxygens (including phenoxy) is 1. The van der Waals surface area contributed by atoms with Gasteiger partial charge in [0.1, 0.15) is 6.61 Å². The van der Waals surface area contributed by atoms with E-state index >= 15 is 0 Å². The van der Waals surface area contributed by atoms with Crippen LogP contribution >= 0.6 is 0 Å². The number of benzene rings is 1. The third kappa shape index (κ3) is 5.19. The first kappa shape index (κ1) is 21.6. The quantitative estimate of drug-likeness (QED) is 0.379. The van der Waals surface area contributed by atoms with Gasteiger partial charge in [-0.05, 0) is 56.9 Å². The Kier molecular flexibility index (Phi) is 6.95.